The Bertz CT molecular complexity index is 2210. The smallest absolute Gasteiger partial charge is 0.279 e. The van der Waals surface area contributed by atoms with Crippen molar-refractivity contribution in [2.45, 2.75) is 39.8 Å². The summed E-state index contributed by atoms with van der Waals surface area (Å²) in [4.78, 5) is 21.9. The minimum atomic E-state index is -3.45. The topological polar surface area (TPSA) is 143 Å². The van der Waals surface area contributed by atoms with Gasteiger partial charge in [0.15, 0.2) is 0 Å². The number of rotatable bonds is 11. The molecule has 0 bridgehead atoms. The van der Waals surface area contributed by atoms with Crippen molar-refractivity contribution in [3.63, 3.8) is 0 Å². The number of nitrogens with one attached hydrogen (secondary N) is 1. The number of nitrogens with zero attached hydrogens (tertiary/aromatic N) is 9. The van der Waals surface area contributed by atoms with Gasteiger partial charge in [-0.3, -0.25) is 0 Å². The van der Waals surface area contributed by atoms with Crippen LogP contribution in [0.2, 0.25) is 0 Å². The van der Waals surface area contributed by atoms with Crippen molar-refractivity contribution in [1.29, 1.82) is 0 Å². The Kier molecular flexibility index (Phi) is 11.2. The lowest BCUT2D eigenvalue weighted by Gasteiger charge is -2.22. The quantitative estimate of drug-likeness (QED) is 0.192. The van der Waals surface area contributed by atoms with Crippen LogP contribution in [-0.2, 0) is 50.2 Å². The molecule has 0 atom stereocenters. The van der Waals surface area contributed by atoms with Crippen molar-refractivity contribution >= 4 is 55.3 Å². The zero-order valence-corrected chi connectivity index (χ0v) is 30.9. The predicted octanol–water partition coefficient (Wildman–Crippen LogP) is 4.95. The summed E-state index contributed by atoms with van der Waals surface area (Å²) in [5.41, 5.74) is 16.3. The zero-order chi connectivity index (χ0) is 36.2. The number of nitrogens with two attached hydrogens (primary N) is 1. The fourth-order valence-corrected chi connectivity index (χ4v) is 6.30. The first-order chi connectivity index (χ1) is 23.9. The number of anilines is 4. The fourth-order valence-electron chi connectivity index (χ4n) is 5.69. The third kappa shape index (κ3) is 7.78. The molecule has 0 aliphatic carbocycles. The van der Waals surface area contributed by atoms with Crippen LogP contribution in [0.25, 0.3) is 22.1 Å². The van der Waals surface area contributed by atoms with Gasteiger partial charge in [-0.15, -0.1) is 0 Å². The molecule has 6 rings (SSSR count). The number of aryl methyl sites for hydroxylation is 4. The van der Waals surface area contributed by atoms with E-state index in [1.807, 2.05) is 79.0 Å². The monoisotopic (exact) mass is 697 g/mol. The van der Waals surface area contributed by atoms with Gasteiger partial charge in [0.05, 0.1) is 36.1 Å². The van der Waals surface area contributed by atoms with E-state index in [0.717, 1.165) is 78.9 Å². The summed E-state index contributed by atoms with van der Waals surface area (Å²) in [6.45, 7) is 5.05. The molecule has 0 spiro atoms. The van der Waals surface area contributed by atoms with Crippen molar-refractivity contribution in [2.75, 3.05) is 38.0 Å². The number of hydrogen-bond donors (Lipinski definition) is 2. The van der Waals surface area contributed by atoms with Crippen LogP contribution in [0.4, 0.5) is 23.0 Å². The van der Waals surface area contributed by atoms with Gasteiger partial charge in [-0.05, 0) is 47.2 Å². The summed E-state index contributed by atoms with van der Waals surface area (Å²) in [5.74, 6) is 1.73. The molecular formula is C36H47N11O2S. The molecule has 0 aliphatic rings. The van der Waals surface area contributed by atoms with E-state index >= 15 is 0 Å². The van der Waals surface area contributed by atoms with Crippen LogP contribution in [0, 0.1) is 0 Å². The van der Waals surface area contributed by atoms with Crippen LogP contribution in [0.1, 0.15) is 36.1 Å². The number of fused-ring (bicyclic) bond motifs is 2. The molecule has 0 saturated heterocycles. The van der Waals surface area contributed by atoms with E-state index in [0.29, 0.717) is 6.54 Å². The van der Waals surface area contributed by atoms with E-state index in [-0.39, 0.29) is 6.54 Å². The molecule has 0 fully saturated rings. The molecule has 0 radical (unpaired) electrons. The first-order valence-corrected chi connectivity index (χ1v) is 17.9. The molecule has 264 valence electrons. The third-order valence-corrected chi connectivity index (χ3v) is 10.3. The van der Waals surface area contributed by atoms with Crippen LogP contribution in [0.5, 0.6) is 0 Å². The Morgan fingerprint density at radius 3 is 1.60 bits per heavy atom. The van der Waals surface area contributed by atoms with Gasteiger partial charge in [-0.2, -0.15) is 17.4 Å². The highest BCUT2D eigenvalue weighted by atomic mass is 32.2. The summed E-state index contributed by atoms with van der Waals surface area (Å²) in [5, 5.41) is 0. The number of hydrogen-bond acceptors (Lipinski definition) is 9. The van der Waals surface area contributed by atoms with Crippen LogP contribution in [0.3, 0.4) is 0 Å². The molecule has 13 nitrogen and oxygen atoms in total. The van der Waals surface area contributed by atoms with Crippen molar-refractivity contribution in [1.82, 2.24) is 38.1 Å². The van der Waals surface area contributed by atoms with Crippen LogP contribution in [-0.4, -0.2) is 70.0 Å². The molecule has 4 aromatic heterocycles. The van der Waals surface area contributed by atoms with Gasteiger partial charge >= 0.3 is 0 Å². The van der Waals surface area contributed by atoms with Gasteiger partial charge < -0.3 is 24.7 Å². The molecule has 50 heavy (non-hydrogen) atoms. The molecule has 6 aromatic rings. The number of pyridine rings is 2. The van der Waals surface area contributed by atoms with E-state index in [9.17, 15) is 8.42 Å². The molecule has 2 aromatic carbocycles. The average Bonchev–Trinajstić information content (AvgIpc) is 3.70. The van der Waals surface area contributed by atoms with Crippen molar-refractivity contribution in [3.05, 3.63) is 95.8 Å². The van der Waals surface area contributed by atoms with Gasteiger partial charge in [-0.25, -0.2) is 19.9 Å². The Labute approximate surface area is 294 Å². The molecule has 14 heteroatoms. The fraction of sp³-hybridized carbons (Fsp3) is 0.333. The Morgan fingerprint density at radius 1 is 0.700 bits per heavy atom. The summed E-state index contributed by atoms with van der Waals surface area (Å²) >= 11 is 0. The van der Waals surface area contributed by atoms with Gasteiger partial charge in [0.25, 0.3) is 10.2 Å². The summed E-state index contributed by atoms with van der Waals surface area (Å²) < 4.78 is 31.6. The van der Waals surface area contributed by atoms with Gasteiger partial charge in [-0.1, -0.05) is 38.1 Å². The molecule has 3 N–H and O–H groups in total. The summed E-state index contributed by atoms with van der Waals surface area (Å²) in [6, 6.07) is 16.4. The highest BCUT2D eigenvalue weighted by molar-refractivity contribution is 7.87. The van der Waals surface area contributed by atoms with E-state index in [1.165, 1.54) is 19.7 Å². The average molecular weight is 698 g/mol. The van der Waals surface area contributed by atoms with Crippen LogP contribution < -0.4 is 20.3 Å². The number of aromatic nitrogens is 6. The zero-order valence-electron chi connectivity index (χ0n) is 30.1. The van der Waals surface area contributed by atoms with Gasteiger partial charge in [0.2, 0.25) is 0 Å². The van der Waals surface area contributed by atoms with Crippen LogP contribution in [0.15, 0.2) is 73.6 Å². The third-order valence-electron chi connectivity index (χ3n) is 8.83. The minimum absolute atomic E-state index is 0.247. The lowest BCUT2D eigenvalue weighted by Crippen LogP contribution is -2.35. The van der Waals surface area contributed by atoms with Crippen molar-refractivity contribution in [2.24, 2.45) is 19.8 Å². The first-order valence-electron chi connectivity index (χ1n) is 16.5. The van der Waals surface area contributed by atoms with E-state index in [1.54, 1.807) is 12.5 Å². The standard InChI is InChI=1S/C19H26N6O2S.C17H21N5/c1-6-15-9-14(11-22-28(26,27)23(2)3)7-8-17(15)25(5)19-10-18-16(12-20-19)21-13-24(18)4;1-4-13-7-12(9-18)5-6-15(13)22(3)17-8-16-14(10-19-17)20-11-21(16)2/h7-10,12-13,22H,6,11H2,1-5H3;5-8,10-11H,4,9,18H2,1-3H3. The highest BCUT2D eigenvalue weighted by Gasteiger charge is 2.16. The molecule has 0 unspecified atom stereocenters. The van der Waals surface area contributed by atoms with E-state index in [4.69, 9.17) is 5.73 Å². The first kappa shape index (κ1) is 36.4. The van der Waals surface area contributed by atoms with Crippen molar-refractivity contribution < 1.29 is 8.42 Å². The Morgan fingerprint density at radius 2 is 1.16 bits per heavy atom. The van der Waals surface area contributed by atoms with Crippen LogP contribution >= 0.6 is 0 Å². The largest absolute Gasteiger partial charge is 0.334 e. The van der Waals surface area contributed by atoms with Crippen molar-refractivity contribution in [3.8, 4) is 0 Å². The van der Waals surface area contributed by atoms with E-state index < -0.39 is 10.2 Å². The Hall–Kier alpha value is -4.89. The Balaban J connectivity index is 0.000000200. The van der Waals surface area contributed by atoms with Gasteiger partial charge in [0, 0.05) is 78.9 Å². The predicted molar refractivity (Wildman–Crippen MR) is 202 cm³/mol. The highest BCUT2D eigenvalue weighted by Crippen LogP contribution is 2.30. The maximum absolute atomic E-state index is 11.9. The lowest BCUT2D eigenvalue weighted by molar-refractivity contribution is 0.505. The van der Waals surface area contributed by atoms with Gasteiger partial charge in [0.1, 0.15) is 22.7 Å². The normalized spacial score (nSPS) is 11.6. The molecule has 0 saturated carbocycles. The lowest BCUT2D eigenvalue weighted by atomic mass is 10.1. The molecule has 0 aliphatic heterocycles. The van der Waals surface area contributed by atoms with E-state index in [2.05, 4.69) is 67.7 Å². The summed E-state index contributed by atoms with van der Waals surface area (Å²) in [6.07, 6.45) is 8.96. The second-order valence-electron chi connectivity index (χ2n) is 12.3. The number of imidazole rings is 2. The number of benzene rings is 2. The molecule has 0 amide bonds. The molecule has 4 heterocycles. The molecular weight excluding hydrogens is 651 g/mol. The second kappa shape index (κ2) is 15.3. The maximum atomic E-state index is 11.9. The minimum Gasteiger partial charge on any atom is -0.334 e. The maximum Gasteiger partial charge on any atom is 0.279 e. The second-order valence-corrected chi connectivity index (χ2v) is 14.3. The SMILES string of the molecule is CCc1cc(CN)ccc1N(C)c1cc2c(cn1)ncn2C.CCc1cc(CNS(=O)(=O)N(C)C)ccc1N(C)c1cc2c(cn1)ncn2C. The summed E-state index contributed by atoms with van der Waals surface area (Å²) in [7, 11) is 7.53.